The molecule has 25 heavy (non-hydrogen) atoms. The summed E-state index contributed by atoms with van der Waals surface area (Å²) in [6.45, 7) is 1.72. The summed E-state index contributed by atoms with van der Waals surface area (Å²) in [5.74, 6) is 0.645. The van der Waals surface area contributed by atoms with Crippen molar-refractivity contribution < 1.29 is 0 Å². The summed E-state index contributed by atoms with van der Waals surface area (Å²) in [5.41, 5.74) is 13.0. The predicted molar refractivity (Wildman–Crippen MR) is 106 cm³/mol. The zero-order valence-corrected chi connectivity index (χ0v) is 14.9. The van der Waals surface area contributed by atoms with Crippen LogP contribution >= 0.6 is 0 Å². The van der Waals surface area contributed by atoms with Gasteiger partial charge >= 0.3 is 0 Å². The van der Waals surface area contributed by atoms with E-state index in [1.165, 1.54) is 47.1 Å². The van der Waals surface area contributed by atoms with Crippen molar-refractivity contribution in [3.63, 3.8) is 0 Å². The van der Waals surface area contributed by atoms with Crippen molar-refractivity contribution in [1.29, 1.82) is 0 Å². The van der Waals surface area contributed by atoms with Crippen LogP contribution in [0.25, 0.3) is 5.57 Å². The number of nitrogens with two attached hydrogens (primary N) is 1. The third-order valence-corrected chi connectivity index (χ3v) is 5.93. The average molecular weight is 332 g/mol. The number of rotatable bonds is 4. The SMILES string of the molecule is NCC1CCCC1NCC=C1c2ccccc2CCc2ccccc21. The second-order valence-corrected chi connectivity index (χ2v) is 7.37. The molecule has 2 nitrogen and oxygen atoms in total. The second kappa shape index (κ2) is 7.55. The van der Waals surface area contributed by atoms with E-state index in [0.29, 0.717) is 12.0 Å². The summed E-state index contributed by atoms with van der Waals surface area (Å²) in [6.07, 6.45) is 8.48. The predicted octanol–water partition coefficient (Wildman–Crippen LogP) is 3.93. The molecular formula is C23H28N2. The topological polar surface area (TPSA) is 38.0 Å². The molecular weight excluding hydrogens is 304 g/mol. The first kappa shape index (κ1) is 16.6. The highest BCUT2D eigenvalue weighted by atomic mass is 14.9. The van der Waals surface area contributed by atoms with Gasteiger partial charge in [-0.1, -0.05) is 61.0 Å². The maximum absolute atomic E-state index is 5.93. The van der Waals surface area contributed by atoms with Crippen molar-refractivity contribution in [2.45, 2.75) is 38.1 Å². The van der Waals surface area contributed by atoms with Crippen LogP contribution in [0.3, 0.4) is 0 Å². The molecule has 0 bridgehead atoms. The van der Waals surface area contributed by atoms with Gasteiger partial charge in [-0.05, 0) is 66.0 Å². The van der Waals surface area contributed by atoms with E-state index in [9.17, 15) is 0 Å². The van der Waals surface area contributed by atoms with E-state index in [1.54, 1.807) is 0 Å². The van der Waals surface area contributed by atoms with Gasteiger partial charge < -0.3 is 11.1 Å². The van der Waals surface area contributed by atoms with E-state index in [-0.39, 0.29) is 0 Å². The molecule has 2 aromatic carbocycles. The fraction of sp³-hybridized carbons (Fsp3) is 0.391. The molecule has 2 aliphatic rings. The maximum Gasteiger partial charge on any atom is 0.0146 e. The Bertz CT molecular complexity index is 713. The molecule has 2 atom stereocenters. The Balaban J connectivity index is 1.63. The molecule has 2 heteroatoms. The Labute approximate surface area is 151 Å². The highest BCUT2D eigenvalue weighted by Gasteiger charge is 2.25. The number of benzene rings is 2. The van der Waals surface area contributed by atoms with Crippen molar-refractivity contribution >= 4 is 5.57 Å². The van der Waals surface area contributed by atoms with Crippen molar-refractivity contribution in [2.24, 2.45) is 11.7 Å². The summed E-state index contributed by atoms with van der Waals surface area (Å²) in [6, 6.07) is 18.4. The van der Waals surface area contributed by atoms with Crippen molar-refractivity contribution in [1.82, 2.24) is 5.32 Å². The van der Waals surface area contributed by atoms with Gasteiger partial charge in [-0.25, -0.2) is 0 Å². The number of nitrogens with one attached hydrogen (secondary N) is 1. The van der Waals surface area contributed by atoms with Gasteiger partial charge in [0, 0.05) is 12.6 Å². The van der Waals surface area contributed by atoms with Gasteiger partial charge in [-0.15, -0.1) is 0 Å². The first-order valence-electron chi connectivity index (χ1n) is 9.67. The van der Waals surface area contributed by atoms with Gasteiger partial charge in [0.15, 0.2) is 0 Å². The van der Waals surface area contributed by atoms with Gasteiger partial charge in [0.05, 0.1) is 0 Å². The van der Waals surface area contributed by atoms with E-state index in [0.717, 1.165) is 25.9 Å². The lowest BCUT2D eigenvalue weighted by Crippen LogP contribution is -2.36. The molecule has 2 unspecified atom stereocenters. The molecule has 4 rings (SSSR count). The Hall–Kier alpha value is -1.90. The molecule has 2 aromatic rings. The van der Waals surface area contributed by atoms with E-state index in [4.69, 9.17) is 5.73 Å². The van der Waals surface area contributed by atoms with Crippen molar-refractivity contribution in [3.8, 4) is 0 Å². The molecule has 130 valence electrons. The monoisotopic (exact) mass is 332 g/mol. The summed E-state index contributed by atoms with van der Waals surface area (Å²) in [5, 5.41) is 3.76. The maximum atomic E-state index is 5.93. The van der Waals surface area contributed by atoms with Crippen LogP contribution in [0.4, 0.5) is 0 Å². The van der Waals surface area contributed by atoms with E-state index < -0.39 is 0 Å². The molecule has 0 spiro atoms. The summed E-state index contributed by atoms with van der Waals surface area (Å²) >= 11 is 0. The van der Waals surface area contributed by atoms with Crippen molar-refractivity contribution in [3.05, 3.63) is 76.9 Å². The van der Waals surface area contributed by atoms with Crippen LogP contribution in [0.15, 0.2) is 54.6 Å². The quantitative estimate of drug-likeness (QED) is 0.890. The summed E-state index contributed by atoms with van der Waals surface area (Å²) < 4.78 is 0. The molecule has 1 fully saturated rings. The Morgan fingerprint density at radius 3 is 2.20 bits per heavy atom. The first-order chi connectivity index (χ1) is 12.4. The lowest BCUT2D eigenvalue weighted by atomic mass is 9.93. The Morgan fingerprint density at radius 2 is 1.56 bits per heavy atom. The van der Waals surface area contributed by atoms with Crippen LogP contribution in [-0.4, -0.2) is 19.1 Å². The molecule has 0 saturated heterocycles. The highest BCUT2D eigenvalue weighted by molar-refractivity contribution is 5.84. The Kier molecular flexibility index (Phi) is 5.00. The zero-order chi connectivity index (χ0) is 17.1. The van der Waals surface area contributed by atoms with Crippen LogP contribution in [0.2, 0.25) is 0 Å². The lowest BCUT2D eigenvalue weighted by molar-refractivity contribution is 0.422. The second-order valence-electron chi connectivity index (χ2n) is 7.37. The normalized spacial score (nSPS) is 22.2. The molecule has 0 amide bonds. The van der Waals surface area contributed by atoms with Crippen LogP contribution in [0.1, 0.15) is 41.5 Å². The summed E-state index contributed by atoms with van der Waals surface area (Å²) in [4.78, 5) is 0. The minimum atomic E-state index is 0.582. The average Bonchev–Trinajstić information content (AvgIpc) is 3.05. The third kappa shape index (κ3) is 3.42. The molecule has 0 heterocycles. The standard InChI is InChI=1S/C23H28N2/c24-16-19-8-5-11-23(19)25-15-14-22-20-9-3-1-6-17(20)12-13-18-7-2-4-10-21(18)22/h1-4,6-7,9-10,14,19,23,25H,5,8,11-13,15-16,24H2. The van der Waals surface area contributed by atoms with Gasteiger partial charge in [0.1, 0.15) is 0 Å². The van der Waals surface area contributed by atoms with Crippen LogP contribution in [-0.2, 0) is 12.8 Å². The smallest absolute Gasteiger partial charge is 0.0146 e. The van der Waals surface area contributed by atoms with Crippen LogP contribution in [0, 0.1) is 5.92 Å². The van der Waals surface area contributed by atoms with Crippen LogP contribution < -0.4 is 11.1 Å². The summed E-state index contributed by atoms with van der Waals surface area (Å²) in [7, 11) is 0. The minimum absolute atomic E-state index is 0.582. The number of hydrogen-bond acceptors (Lipinski definition) is 2. The van der Waals surface area contributed by atoms with E-state index in [1.807, 2.05) is 0 Å². The molecule has 0 radical (unpaired) electrons. The molecule has 1 saturated carbocycles. The number of hydrogen-bond donors (Lipinski definition) is 2. The zero-order valence-electron chi connectivity index (χ0n) is 14.9. The Morgan fingerprint density at radius 1 is 0.920 bits per heavy atom. The van der Waals surface area contributed by atoms with Crippen LogP contribution in [0.5, 0.6) is 0 Å². The number of aryl methyl sites for hydroxylation is 2. The first-order valence-corrected chi connectivity index (χ1v) is 9.67. The molecule has 0 aliphatic heterocycles. The van der Waals surface area contributed by atoms with Gasteiger partial charge in [0.2, 0.25) is 0 Å². The van der Waals surface area contributed by atoms with E-state index >= 15 is 0 Å². The van der Waals surface area contributed by atoms with Gasteiger partial charge in [-0.3, -0.25) is 0 Å². The van der Waals surface area contributed by atoms with E-state index in [2.05, 4.69) is 59.9 Å². The van der Waals surface area contributed by atoms with Crippen molar-refractivity contribution in [2.75, 3.05) is 13.1 Å². The minimum Gasteiger partial charge on any atom is -0.330 e. The molecule has 3 N–H and O–H groups in total. The fourth-order valence-electron chi connectivity index (χ4n) is 4.54. The molecule has 0 aromatic heterocycles. The largest absolute Gasteiger partial charge is 0.330 e. The highest BCUT2D eigenvalue weighted by Crippen LogP contribution is 2.33. The lowest BCUT2D eigenvalue weighted by Gasteiger charge is -2.19. The van der Waals surface area contributed by atoms with Gasteiger partial charge in [-0.2, -0.15) is 0 Å². The molecule has 2 aliphatic carbocycles. The fourth-order valence-corrected chi connectivity index (χ4v) is 4.54. The van der Waals surface area contributed by atoms with Gasteiger partial charge in [0.25, 0.3) is 0 Å². The number of fused-ring (bicyclic) bond motifs is 2. The third-order valence-electron chi connectivity index (χ3n) is 5.93.